The van der Waals surface area contributed by atoms with Gasteiger partial charge in [-0.05, 0) is 43.5 Å². The summed E-state index contributed by atoms with van der Waals surface area (Å²) >= 11 is 0. The Hall–Kier alpha value is -2.69. The molecule has 0 bridgehead atoms. The lowest BCUT2D eigenvalue weighted by molar-refractivity contribution is -0.136. The van der Waals surface area contributed by atoms with Crippen LogP contribution in [-0.2, 0) is 16.0 Å². The number of carbonyl (C=O) groups is 2. The van der Waals surface area contributed by atoms with Crippen LogP contribution < -0.4 is 10.6 Å². The predicted molar refractivity (Wildman–Crippen MR) is 87.7 cm³/mol. The summed E-state index contributed by atoms with van der Waals surface area (Å²) in [6.45, 7) is 4.11. The Balaban J connectivity index is 1.85. The first-order chi connectivity index (χ1) is 11.0. The van der Waals surface area contributed by atoms with Gasteiger partial charge >= 0.3 is 11.8 Å². The van der Waals surface area contributed by atoms with E-state index in [9.17, 15) is 14.0 Å². The van der Waals surface area contributed by atoms with E-state index in [1.165, 1.54) is 12.1 Å². The molecular formula is C18H19FN2O2. The number of halogens is 1. The topological polar surface area (TPSA) is 58.2 Å². The molecule has 0 unspecified atom stereocenters. The van der Waals surface area contributed by atoms with Gasteiger partial charge in [0.15, 0.2) is 0 Å². The standard InChI is InChI=1S/C18H19FN2O2/c1-12-4-3-5-14(10-12)8-9-20-17(22)18(23)21-16-11-13(2)6-7-15(16)19/h3-7,10-11H,8-9H2,1-2H3,(H,20,22)(H,21,23). The van der Waals surface area contributed by atoms with E-state index in [-0.39, 0.29) is 5.69 Å². The van der Waals surface area contributed by atoms with E-state index in [1.54, 1.807) is 13.0 Å². The number of carbonyl (C=O) groups excluding carboxylic acids is 2. The van der Waals surface area contributed by atoms with Crippen LogP contribution in [0, 0.1) is 19.7 Å². The Morgan fingerprint density at radius 1 is 1.00 bits per heavy atom. The van der Waals surface area contributed by atoms with Crippen molar-refractivity contribution >= 4 is 17.5 Å². The fraction of sp³-hybridized carbons (Fsp3) is 0.222. The van der Waals surface area contributed by atoms with Gasteiger partial charge in [0.25, 0.3) is 0 Å². The van der Waals surface area contributed by atoms with Crippen LogP contribution in [0.2, 0.25) is 0 Å². The van der Waals surface area contributed by atoms with Gasteiger partial charge in [0.05, 0.1) is 5.69 Å². The molecule has 0 spiro atoms. The monoisotopic (exact) mass is 314 g/mol. The van der Waals surface area contributed by atoms with Gasteiger partial charge in [-0.25, -0.2) is 4.39 Å². The molecule has 0 saturated heterocycles. The number of hydrogen-bond acceptors (Lipinski definition) is 2. The third-order valence-corrected chi connectivity index (χ3v) is 3.36. The SMILES string of the molecule is Cc1cccc(CCNC(=O)C(=O)Nc2cc(C)ccc2F)c1. The van der Waals surface area contributed by atoms with E-state index in [2.05, 4.69) is 10.6 Å². The van der Waals surface area contributed by atoms with E-state index in [0.717, 1.165) is 16.7 Å². The van der Waals surface area contributed by atoms with Crippen molar-refractivity contribution in [2.24, 2.45) is 0 Å². The molecule has 2 aromatic carbocycles. The first-order valence-corrected chi connectivity index (χ1v) is 7.36. The molecule has 0 atom stereocenters. The molecule has 0 aromatic heterocycles. The number of aryl methyl sites for hydroxylation is 2. The third kappa shape index (κ3) is 4.92. The summed E-state index contributed by atoms with van der Waals surface area (Å²) in [5, 5.41) is 4.81. The minimum atomic E-state index is -0.876. The van der Waals surface area contributed by atoms with Gasteiger partial charge < -0.3 is 10.6 Å². The Bertz CT molecular complexity index is 729. The molecule has 0 aliphatic carbocycles. The molecule has 4 nitrogen and oxygen atoms in total. The summed E-state index contributed by atoms with van der Waals surface area (Å²) in [5.41, 5.74) is 3.02. The molecule has 2 N–H and O–H groups in total. The van der Waals surface area contributed by atoms with E-state index in [0.29, 0.717) is 13.0 Å². The first kappa shape index (κ1) is 16.7. The zero-order chi connectivity index (χ0) is 16.8. The molecular weight excluding hydrogens is 295 g/mol. The van der Waals surface area contributed by atoms with Crippen molar-refractivity contribution in [1.29, 1.82) is 0 Å². The average Bonchev–Trinajstić information content (AvgIpc) is 2.51. The van der Waals surface area contributed by atoms with Crippen LogP contribution >= 0.6 is 0 Å². The summed E-state index contributed by atoms with van der Waals surface area (Å²) in [4.78, 5) is 23.5. The lowest BCUT2D eigenvalue weighted by Crippen LogP contribution is -2.36. The average molecular weight is 314 g/mol. The summed E-state index contributed by atoms with van der Waals surface area (Å²) in [7, 11) is 0. The lowest BCUT2D eigenvalue weighted by atomic mass is 10.1. The van der Waals surface area contributed by atoms with Gasteiger partial charge in [-0.15, -0.1) is 0 Å². The molecule has 120 valence electrons. The van der Waals surface area contributed by atoms with E-state index in [1.807, 2.05) is 31.2 Å². The van der Waals surface area contributed by atoms with Gasteiger partial charge in [0, 0.05) is 6.54 Å². The van der Waals surface area contributed by atoms with E-state index < -0.39 is 17.6 Å². The second-order valence-electron chi connectivity index (χ2n) is 5.43. The summed E-state index contributed by atoms with van der Waals surface area (Å²) in [6, 6.07) is 12.2. The molecule has 0 aliphatic heterocycles. The van der Waals surface area contributed by atoms with Crippen molar-refractivity contribution < 1.29 is 14.0 Å². The van der Waals surface area contributed by atoms with Gasteiger partial charge in [0.2, 0.25) is 0 Å². The largest absolute Gasteiger partial charge is 0.347 e. The fourth-order valence-corrected chi connectivity index (χ4v) is 2.18. The number of benzene rings is 2. The minimum absolute atomic E-state index is 0.00355. The number of hydrogen-bond donors (Lipinski definition) is 2. The number of amides is 2. The second-order valence-corrected chi connectivity index (χ2v) is 5.43. The number of rotatable bonds is 4. The van der Waals surface area contributed by atoms with Crippen LogP contribution in [0.5, 0.6) is 0 Å². The molecule has 0 heterocycles. The Labute approximate surface area is 134 Å². The quantitative estimate of drug-likeness (QED) is 0.853. The molecule has 5 heteroatoms. The summed E-state index contributed by atoms with van der Waals surface area (Å²) in [5.74, 6) is -2.23. The van der Waals surface area contributed by atoms with Crippen LogP contribution in [0.15, 0.2) is 42.5 Å². The molecule has 2 amide bonds. The van der Waals surface area contributed by atoms with Crippen molar-refractivity contribution in [1.82, 2.24) is 5.32 Å². The number of nitrogens with one attached hydrogen (secondary N) is 2. The smallest absolute Gasteiger partial charge is 0.313 e. The van der Waals surface area contributed by atoms with E-state index >= 15 is 0 Å². The fourth-order valence-electron chi connectivity index (χ4n) is 2.18. The van der Waals surface area contributed by atoms with E-state index in [4.69, 9.17) is 0 Å². The zero-order valence-electron chi connectivity index (χ0n) is 13.2. The highest BCUT2D eigenvalue weighted by Gasteiger charge is 2.15. The molecule has 23 heavy (non-hydrogen) atoms. The molecule has 2 aromatic rings. The van der Waals surface area contributed by atoms with Crippen LogP contribution in [0.1, 0.15) is 16.7 Å². The van der Waals surface area contributed by atoms with Gasteiger partial charge in [-0.1, -0.05) is 35.9 Å². The Morgan fingerprint density at radius 3 is 2.48 bits per heavy atom. The predicted octanol–water partition coefficient (Wildman–Crippen LogP) is 2.74. The Kier molecular flexibility index (Phi) is 5.46. The van der Waals surface area contributed by atoms with Crippen LogP contribution in [0.4, 0.5) is 10.1 Å². The number of anilines is 1. The highest BCUT2D eigenvalue weighted by atomic mass is 19.1. The molecule has 0 saturated carbocycles. The van der Waals surface area contributed by atoms with Crippen molar-refractivity contribution in [3.05, 3.63) is 65.0 Å². The normalized spacial score (nSPS) is 10.2. The maximum Gasteiger partial charge on any atom is 0.313 e. The first-order valence-electron chi connectivity index (χ1n) is 7.36. The van der Waals surface area contributed by atoms with Crippen LogP contribution in [0.3, 0.4) is 0 Å². The third-order valence-electron chi connectivity index (χ3n) is 3.36. The maximum atomic E-state index is 13.6. The molecule has 0 radical (unpaired) electrons. The summed E-state index contributed by atoms with van der Waals surface area (Å²) in [6.07, 6.45) is 0.625. The maximum absolute atomic E-state index is 13.6. The second kappa shape index (κ2) is 7.54. The van der Waals surface area contributed by atoms with Crippen molar-refractivity contribution in [3.63, 3.8) is 0 Å². The van der Waals surface area contributed by atoms with Crippen molar-refractivity contribution in [2.75, 3.05) is 11.9 Å². The Morgan fingerprint density at radius 2 is 1.74 bits per heavy atom. The van der Waals surface area contributed by atoms with Crippen LogP contribution in [0.25, 0.3) is 0 Å². The van der Waals surface area contributed by atoms with Gasteiger partial charge in [0.1, 0.15) is 5.82 Å². The molecule has 0 aliphatic rings. The molecule has 2 rings (SSSR count). The highest BCUT2D eigenvalue weighted by molar-refractivity contribution is 6.39. The van der Waals surface area contributed by atoms with Gasteiger partial charge in [-0.3, -0.25) is 9.59 Å². The van der Waals surface area contributed by atoms with Crippen LogP contribution in [-0.4, -0.2) is 18.4 Å². The minimum Gasteiger partial charge on any atom is -0.347 e. The lowest BCUT2D eigenvalue weighted by Gasteiger charge is -2.08. The highest BCUT2D eigenvalue weighted by Crippen LogP contribution is 2.15. The molecule has 0 fully saturated rings. The van der Waals surface area contributed by atoms with Gasteiger partial charge in [-0.2, -0.15) is 0 Å². The van der Waals surface area contributed by atoms with Crippen molar-refractivity contribution in [2.45, 2.75) is 20.3 Å². The summed E-state index contributed by atoms with van der Waals surface area (Å²) < 4.78 is 13.6. The van der Waals surface area contributed by atoms with Crippen molar-refractivity contribution in [3.8, 4) is 0 Å². The zero-order valence-corrected chi connectivity index (χ0v) is 13.2.